The minimum Gasteiger partial charge on any atom is -0.462 e. The fraction of sp³-hybridized carbons (Fsp3) is 0.857. The van der Waals surface area contributed by atoms with Crippen molar-refractivity contribution < 1.29 is 37.1 Å². The monoisotopic (exact) mass is 623 g/mol. The van der Waals surface area contributed by atoms with Crippen molar-refractivity contribution in [2.24, 2.45) is 50.2 Å². The Hall–Kier alpha value is -1.90. The predicted molar refractivity (Wildman–Crippen MR) is 160 cm³/mol. The molecule has 6 nitrogen and oxygen atoms in total. The average Bonchev–Trinajstić information content (AvgIpc) is 2.90. The maximum Gasteiger partial charge on any atom is 0.544 e. The Kier molecular flexibility index (Phi) is 7.83. The van der Waals surface area contributed by atoms with E-state index in [0.29, 0.717) is 24.3 Å². The Bertz CT molecular complexity index is 1260. The standard InChI is InChI=1S/C35H52F3NO5/c1-10-39(44-35(36,37)38)28(42)31(6)16-15-30(5)17-18-33(8)22(23(30)20-31)19-24(41)27-32(7)13-12-26(43-21(2)40)29(3,4)25(32)11-14-34(27,33)9/h19,23,25-27H,10-18,20H2,1-9H3/t23-,25?,26-,27+,30+,31-,32-,33+,34+/m0/s1. The first-order chi connectivity index (χ1) is 20.1. The second kappa shape index (κ2) is 10.3. The van der Waals surface area contributed by atoms with Gasteiger partial charge in [0.25, 0.3) is 5.91 Å². The van der Waals surface area contributed by atoms with Crippen LogP contribution in [0.4, 0.5) is 13.2 Å². The van der Waals surface area contributed by atoms with Crippen LogP contribution in [-0.4, -0.2) is 41.7 Å². The molecule has 0 radical (unpaired) electrons. The van der Waals surface area contributed by atoms with Gasteiger partial charge in [-0.05, 0) is 104 Å². The Balaban J connectivity index is 1.52. The van der Waals surface area contributed by atoms with Crippen LogP contribution in [0.5, 0.6) is 0 Å². The summed E-state index contributed by atoms with van der Waals surface area (Å²) in [4.78, 5) is 44.3. The van der Waals surface area contributed by atoms with Crippen LogP contribution < -0.4 is 0 Å². The van der Waals surface area contributed by atoms with Crippen LogP contribution in [0.2, 0.25) is 0 Å². The minimum absolute atomic E-state index is 0.0862. The normalized spacial score (nSPS) is 44.7. The largest absolute Gasteiger partial charge is 0.544 e. The number of nitrogens with zero attached hydrogens (tertiary/aromatic N) is 1. The molecule has 0 saturated heterocycles. The fourth-order valence-corrected chi connectivity index (χ4v) is 11.4. The predicted octanol–water partition coefficient (Wildman–Crippen LogP) is 8.20. The van der Waals surface area contributed by atoms with E-state index >= 15 is 0 Å². The summed E-state index contributed by atoms with van der Waals surface area (Å²) in [6.07, 6.45) is 3.59. The molecule has 0 spiro atoms. The van der Waals surface area contributed by atoms with E-state index in [-0.39, 0.29) is 69.2 Å². The maximum absolute atomic E-state index is 14.6. The molecule has 44 heavy (non-hydrogen) atoms. The third-order valence-corrected chi connectivity index (χ3v) is 14.1. The number of halogens is 3. The second-order valence-corrected chi connectivity index (χ2v) is 16.7. The van der Waals surface area contributed by atoms with Gasteiger partial charge in [-0.25, -0.2) is 5.06 Å². The second-order valence-electron chi connectivity index (χ2n) is 16.7. The molecule has 5 rings (SSSR count). The van der Waals surface area contributed by atoms with Crippen LogP contribution in [0, 0.1) is 50.2 Å². The van der Waals surface area contributed by atoms with Gasteiger partial charge < -0.3 is 4.74 Å². The molecule has 0 aromatic heterocycles. The number of amides is 1. The van der Waals surface area contributed by atoms with E-state index in [0.717, 1.165) is 44.1 Å². The number of carbonyl (C=O) groups excluding carboxylic acids is 3. The number of hydrogen-bond acceptors (Lipinski definition) is 5. The highest BCUT2D eigenvalue weighted by Crippen LogP contribution is 2.75. The highest BCUT2D eigenvalue weighted by Gasteiger charge is 2.70. The van der Waals surface area contributed by atoms with Crippen molar-refractivity contribution in [3.8, 4) is 0 Å². The lowest BCUT2D eigenvalue weighted by Crippen LogP contribution is -2.67. The lowest BCUT2D eigenvalue weighted by molar-refractivity contribution is -0.403. The SMILES string of the molecule is CCN(OC(F)(F)F)C(=O)[C@@]1(C)CC[C@]2(C)CC[C@]3(C)C(=CC(=O)[C@@H]4[C@@]5(C)CC[C@H](OC(C)=O)C(C)(C)C5CC[C@]43C)[C@@H]2C1. The Morgan fingerprint density at radius 2 is 1.59 bits per heavy atom. The number of hydrogen-bond donors (Lipinski definition) is 0. The van der Waals surface area contributed by atoms with Crippen LogP contribution in [0.1, 0.15) is 120 Å². The minimum atomic E-state index is -4.95. The van der Waals surface area contributed by atoms with Gasteiger partial charge in [-0.3, -0.25) is 14.4 Å². The van der Waals surface area contributed by atoms with Gasteiger partial charge in [0.05, 0.1) is 0 Å². The molecule has 0 aromatic rings. The summed E-state index contributed by atoms with van der Waals surface area (Å²) in [6, 6.07) is 0. The number of rotatable bonds is 4. The number of ether oxygens (including phenoxy) is 1. The zero-order valence-electron chi connectivity index (χ0n) is 28.1. The van der Waals surface area contributed by atoms with Gasteiger partial charge in [0.2, 0.25) is 0 Å². The molecule has 5 aliphatic rings. The third kappa shape index (κ3) is 4.79. The van der Waals surface area contributed by atoms with Crippen molar-refractivity contribution in [3.05, 3.63) is 11.6 Å². The van der Waals surface area contributed by atoms with E-state index in [4.69, 9.17) is 4.74 Å². The summed E-state index contributed by atoms with van der Waals surface area (Å²) in [5.74, 6) is -0.817. The van der Waals surface area contributed by atoms with Crippen LogP contribution in [-0.2, 0) is 24.0 Å². The zero-order valence-corrected chi connectivity index (χ0v) is 28.1. The van der Waals surface area contributed by atoms with Crippen molar-refractivity contribution in [2.75, 3.05) is 6.54 Å². The number of carbonyl (C=O) groups is 3. The smallest absolute Gasteiger partial charge is 0.462 e. The molecule has 1 unspecified atom stereocenters. The molecule has 4 fully saturated rings. The first kappa shape index (κ1) is 33.5. The summed E-state index contributed by atoms with van der Waals surface area (Å²) in [6.45, 7) is 18.0. The Labute approximate surface area is 260 Å². The van der Waals surface area contributed by atoms with Crippen molar-refractivity contribution in [2.45, 2.75) is 133 Å². The number of alkyl halides is 3. The van der Waals surface area contributed by atoms with Gasteiger partial charge >= 0.3 is 12.3 Å². The van der Waals surface area contributed by atoms with Gasteiger partial charge in [0.15, 0.2) is 5.78 Å². The molecule has 4 saturated carbocycles. The van der Waals surface area contributed by atoms with E-state index in [9.17, 15) is 27.6 Å². The Morgan fingerprint density at radius 1 is 0.955 bits per heavy atom. The summed E-state index contributed by atoms with van der Waals surface area (Å²) < 4.78 is 45.4. The van der Waals surface area contributed by atoms with E-state index in [1.54, 1.807) is 6.92 Å². The van der Waals surface area contributed by atoms with Crippen molar-refractivity contribution in [1.82, 2.24) is 5.06 Å². The number of hydroxylamine groups is 2. The molecule has 0 N–H and O–H groups in total. The van der Waals surface area contributed by atoms with Gasteiger partial charge in [0.1, 0.15) is 6.10 Å². The molecule has 5 aliphatic carbocycles. The fourth-order valence-electron chi connectivity index (χ4n) is 11.4. The zero-order chi connectivity index (χ0) is 32.9. The third-order valence-electron chi connectivity index (χ3n) is 14.1. The van der Waals surface area contributed by atoms with Gasteiger partial charge in [0, 0.05) is 30.2 Å². The summed E-state index contributed by atoms with van der Waals surface area (Å²) in [7, 11) is 0. The molecule has 0 bridgehead atoms. The molecular formula is C35H52F3NO5. The Morgan fingerprint density at radius 3 is 2.18 bits per heavy atom. The average molecular weight is 624 g/mol. The molecule has 0 aromatic carbocycles. The van der Waals surface area contributed by atoms with Crippen molar-refractivity contribution in [1.29, 1.82) is 0 Å². The van der Waals surface area contributed by atoms with E-state index in [1.165, 1.54) is 13.8 Å². The van der Waals surface area contributed by atoms with Crippen LogP contribution in [0.25, 0.3) is 0 Å². The van der Waals surface area contributed by atoms with Crippen LogP contribution in [0.3, 0.4) is 0 Å². The first-order valence-corrected chi connectivity index (χ1v) is 16.6. The molecule has 0 aliphatic heterocycles. The molecule has 0 heterocycles. The van der Waals surface area contributed by atoms with E-state index in [2.05, 4.69) is 46.4 Å². The van der Waals surface area contributed by atoms with Crippen molar-refractivity contribution in [3.63, 3.8) is 0 Å². The first-order valence-electron chi connectivity index (χ1n) is 16.6. The highest BCUT2D eigenvalue weighted by atomic mass is 19.4. The van der Waals surface area contributed by atoms with Crippen LogP contribution in [0.15, 0.2) is 11.6 Å². The number of fused-ring (bicyclic) bond motifs is 7. The molecular weight excluding hydrogens is 571 g/mol. The number of ketones is 1. The molecule has 9 atom stereocenters. The summed E-state index contributed by atoms with van der Waals surface area (Å²) in [5, 5.41) is 0.471. The lowest BCUT2D eigenvalue weighted by atomic mass is 9.33. The number of allylic oxidation sites excluding steroid dienone is 2. The molecule has 9 heteroatoms. The maximum atomic E-state index is 14.6. The molecule has 248 valence electrons. The van der Waals surface area contributed by atoms with Gasteiger partial charge in [-0.15, -0.1) is 13.2 Å². The van der Waals surface area contributed by atoms with E-state index in [1.807, 2.05) is 6.08 Å². The quantitative estimate of drug-likeness (QED) is 0.233. The topological polar surface area (TPSA) is 72.9 Å². The van der Waals surface area contributed by atoms with E-state index < -0.39 is 17.7 Å². The summed E-state index contributed by atoms with van der Waals surface area (Å²) in [5.41, 5.74) is -1.19. The van der Waals surface area contributed by atoms with Crippen LogP contribution >= 0.6 is 0 Å². The number of esters is 1. The van der Waals surface area contributed by atoms with Crippen molar-refractivity contribution >= 4 is 17.7 Å². The highest BCUT2D eigenvalue weighted by molar-refractivity contribution is 5.95. The van der Waals surface area contributed by atoms with Gasteiger partial charge in [-0.1, -0.05) is 54.0 Å². The summed E-state index contributed by atoms with van der Waals surface area (Å²) >= 11 is 0. The molecule has 1 amide bonds. The lowest BCUT2D eigenvalue weighted by Gasteiger charge is -2.70. The van der Waals surface area contributed by atoms with Gasteiger partial charge in [-0.2, -0.15) is 4.84 Å².